The molecule has 1 aromatic carbocycles. The fourth-order valence-electron chi connectivity index (χ4n) is 3.09. The van der Waals surface area contributed by atoms with Crippen LogP contribution in [0.25, 0.3) is 0 Å². The van der Waals surface area contributed by atoms with E-state index in [9.17, 15) is 31.2 Å². The van der Waals surface area contributed by atoms with Gasteiger partial charge in [0.2, 0.25) is 15.9 Å². The molecule has 1 atom stereocenters. The van der Waals surface area contributed by atoms with E-state index >= 15 is 0 Å². The van der Waals surface area contributed by atoms with E-state index < -0.39 is 52.6 Å². The number of rotatable bonds is 5. The largest absolute Gasteiger partial charge is 0.393 e. The van der Waals surface area contributed by atoms with Gasteiger partial charge in [-0.1, -0.05) is 0 Å². The average molecular weight is 449 g/mol. The lowest BCUT2D eigenvalue weighted by atomic mass is 9.97. The second kappa shape index (κ2) is 8.93. The van der Waals surface area contributed by atoms with E-state index in [0.29, 0.717) is 0 Å². The molecule has 1 saturated heterocycles. The lowest BCUT2D eigenvalue weighted by Gasteiger charge is -2.33. The number of benzene rings is 1. The molecular formula is C19H26F3N3O4S. The number of nitrogens with one attached hydrogen (secondary N) is 2. The van der Waals surface area contributed by atoms with E-state index in [2.05, 4.69) is 10.0 Å². The molecule has 0 aliphatic carbocycles. The molecule has 2 amide bonds. The molecule has 0 unspecified atom stereocenters. The number of hydrogen-bond acceptors (Lipinski definition) is 4. The number of carbonyl (C=O) groups is 2. The van der Waals surface area contributed by atoms with Gasteiger partial charge in [-0.3, -0.25) is 9.59 Å². The minimum absolute atomic E-state index is 0.0149. The Labute approximate surface area is 174 Å². The minimum Gasteiger partial charge on any atom is -0.343 e. The van der Waals surface area contributed by atoms with E-state index in [1.807, 2.05) is 0 Å². The summed E-state index contributed by atoms with van der Waals surface area (Å²) < 4.78 is 65.6. The maximum atomic E-state index is 12.9. The van der Waals surface area contributed by atoms with Crippen LogP contribution in [0.1, 0.15) is 44.0 Å². The number of likely N-dealkylation sites (tertiary alicyclic amines) is 1. The topological polar surface area (TPSA) is 95.6 Å². The predicted molar refractivity (Wildman–Crippen MR) is 104 cm³/mol. The summed E-state index contributed by atoms with van der Waals surface area (Å²) in [4.78, 5) is 25.5. The van der Waals surface area contributed by atoms with Crippen LogP contribution in [0.3, 0.4) is 0 Å². The highest BCUT2D eigenvalue weighted by atomic mass is 32.2. The van der Waals surface area contributed by atoms with Crippen LogP contribution in [-0.4, -0.2) is 56.5 Å². The normalized spacial score (nSPS) is 18.2. The molecule has 7 nitrogen and oxygen atoms in total. The van der Waals surface area contributed by atoms with E-state index in [0.717, 1.165) is 4.90 Å². The van der Waals surface area contributed by atoms with Crippen molar-refractivity contribution >= 4 is 21.8 Å². The summed E-state index contributed by atoms with van der Waals surface area (Å²) in [6, 6.07) is 5.14. The molecule has 0 spiro atoms. The highest BCUT2D eigenvalue weighted by Gasteiger charge is 2.42. The average Bonchev–Trinajstić information content (AvgIpc) is 2.63. The minimum atomic E-state index is -4.36. The van der Waals surface area contributed by atoms with E-state index in [-0.39, 0.29) is 29.8 Å². The molecule has 11 heteroatoms. The highest BCUT2D eigenvalue weighted by Crippen LogP contribution is 2.33. The molecule has 1 aliphatic rings. The molecule has 0 bridgehead atoms. The number of amides is 2. The van der Waals surface area contributed by atoms with Crippen molar-refractivity contribution in [3.8, 4) is 0 Å². The van der Waals surface area contributed by atoms with Crippen LogP contribution in [0, 0.1) is 5.92 Å². The number of nitrogens with zero attached hydrogens (tertiary/aromatic N) is 1. The number of carbonyl (C=O) groups excluding carboxylic acids is 2. The Balaban J connectivity index is 1.94. The van der Waals surface area contributed by atoms with Crippen molar-refractivity contribution in [3.05, 3.63) is 29.8 Å². The van der Waals surface area contributed by atoms with Crippen molar-refractivity contribution in [1.82, 2.24) is 14.9 Å². The number of alkyl halides is 3. The van der Waals surface area contributed by atoms with Crippen molar-refractivity contribution < 1.29 is 31.2 Å². The third-order valence-electron chi connectivity index (χ3n) is 4.50. The Kier molecular flexibility index (Phi) is 7.18. The fourth-order valence-corrected chi connectivity index (χ4v) is 4.51. The summed E-state index contributed by atoms with van der Waals surface area (Å²) in [5.74, 6) is -2.77. The zero-order valence-electron chi connectivity index (χ0n) is 17.0. The first-order chi connectivity index (χ1) is 13.7. The SMILES string of the molecule is CC(C)(C)NS(=O)(=O)c1ccc(C(=O)NCC(=O)N2CCC[C@H](C(F)(F)F)C2)cc1. The second-order valence-corrected chi connectivity index (χ2v) is 9.97. The fraction of sp³-hybridized carbons (Fsp3) is 0.579. The van der Waals surface area contributed by atoms with Crippen LogP contribution in [-0.2, 0) is 14.8 Å². The lowest BCUT2D eigenvalue weighted by molar-refractivity contribution is -0.187. The molecule has 168 valence electrons. The Morgan fingerprint density at radius 1 is 1.13 bits per heavy atom. The number of hydrogen-bond donors (Lipinski definition) is 2. The Hall–Kier alpha value is -2.14. The zero-order valence-corrected chi connectivity index (χ0v) is 17.9. The van der Waals surface area contributed by atoms with Gasteiger partial charge in [0, 0.05) is 24.2 Å². The third kappa shape index (κ3) is 6.69. The first-order valence-corrected chi connectivity index (χ1v) is 10.9. The van der Waals surface area contributed by atoms with Crippen LogP contribution in [0.4, 0.5) is 13.2 Å². The van der Waals surface area contributed by atoms with Gasteiger partial charge in [0.1, 0.15) is 0 Å². The number of halogens is 3. The van der Waals surface area contributed by atoms with Gasteiger partial charge in [-0.05, 0) is 57.9 Å². The smallest absolute Gasteiger partial charge is 0.343 e. The Morgan fingerprint density at radius 2 is 1.73 bits per heavy atom. The van der Waals surface area contributed by atoms with Gasteiger partial charge in [-0.2, -0.15) is 13.2 Å². The molecule has 1 fully saturated rings. The van der Waals surface area contributed by atoms with Crippen LogP contribution < -0.4 is 10.0 Å². The van der Waals surface area contributed by atoms with Crippen molar-refractivity contribution in [1.29, 1.82) is 0 Å². The van der Waals surface area contributed by atoms with Crippen LogP contribution in [0.15, 0.2) is 29.2 Å². The Morgan fingerprint density at radius 3 is 2.27 bits per heavy atom. The van der Waals surface area contributed by atoms with Gasteiger partial charge in [0.25, 0.3) is 5.91 Å². The quantitative estimate of drug-likeness (QED) is 0.721. The predicted octanol–water partition coefficient (Wildman–Crippen LogP) is 2.29. The summed E-state index contributed by atoms with van der Waals surface area (Å²) in [5.41, 5.74) is -0.543. The van der Waals surface area contributed by atoms with Crippen LogP contribution in [0.2, 0.25) is 0 Å². The van der Waals surface area contributed by atoms with Gasteiger partial charge in [0.05, 0.1) is 17.4 Å². The van der Waals surface area contributed by atoms with Gasteiger partial charge in [0.15, 0.2) is 0 Å². The number of piperidine rings is 1. The van der Waals surface area contributed by atoms with Crippen LogP contribution in [0.5, 0.6) is 0 Å². The van der Waals surface area contributed by atoms with Crippen molar-refractivity contribution in [2.75, 3.05) is 19.6 Å². The number of sulfonamides is 1. The molecule has 30 heavy (non-hydrogen) atoms. The maximum Gasteiger partial charge on any atom is 0.393 e. The molecular weight excluding hydrogens is 423 g/mol. The molecule has 0 aromatic heterocycles. The van der Waals surface area contributed by atoms with Gasteiger partial charge in [-0.15, -0.1) is 0 Å². The summed E-state index contributed by atoms with van der Waals surface area (Å²) in [6.07, 6.45) is -4.12. The van der Waals surface area contributed by atoms with Crippen LogP contribution >= 0.6 is 0 Å². The van der Waals surface area contributed by atoms with E-state index in [1.54, 1.807) is 20.8 Å². The maximum absolute atomic E-state index is 12.9. The van der Waals surface area contributed by atoms with Crippen molar-refractivity contribution in [2.45, 2.75) is 50.2 Å². The van der Waals surface area contributed by atoms with Gasteiger partial charge < -0.3 is 10.2 Å². The lowest BCUT2D eigenvalue weighted by Crippen LogP contribution is -2.48. The van der Waals surface area contributed by atoms with Gasteiger partial charge >= 0.3 is 6.18 Å². The van der Waals surface area contributed by atoms with E-state index in [4.69, 9.17) is 0 Å². The summed E-state index contributed by atoms with van der Waals surface area (Å²) in [7, 11) is -3.75. The van der Waals surface area contributed by atoms with Gasteiger partial charge in [-0.25, -0.2) is 13.1 Å². The third-order valence-corrected chi connectivity index (χ3v) is 6.28. The standard InChI is InChI=1S/C19H26F3N3O4S/c1-18(2,3)24-30(28,29)15-8-6-13(7-9-15)17(27)23-11-16(26)25-10-4-5-14(12-25)19(20,21)22/h6-9,14,24H,4-5,10-12H2,1-3H3,(H,23,27)/t14-/m0/s1. The highest BCUT2D eigenvalue weighted by molar-refractivity contribution is 7.89. The molecule has 1 aromatic rings. The zero-order chi connectivity index (χ0) is 22.7. The Bertz CT molecular complexity index is 878. The molecule has 1 aliphatic heterocycles. The molecule has 0 radical (unpaired) electrons. The molecule has 2 rings (SSSR count). The summed E-state index contributed by atoms with van der Waals surface area (Å²) in [5, 5.41) is 2.37. The molecule has 2 N–H and O–H groups in total. The molecule has 1 heterocycles. The summed E-state index contributed by atoms with van der Waals surface area (Å²) >= 11 is 0. The summed E-state index contributed by atoms with van der Waals surface area (Å²) in [6.45, 7) is 4.46. The van der Waals surface area contributed by atoms with Crippen molar-refractivity contribution in [2.24, 2.45) is 5.92 Å². The van der Waals surface area contributed by atoms with Crippen molar-refractivity contribution in [3.63, 3.8) is 0 Å². The second-order valence-electron chi connectivity index (χ2n) is 8.28. The first kappa shape index (κ1) is 24.1. The first-order valence-electron chi connectivity index (χ1n) is 9.46. The molecule has 0 saturated carbocycles. The monoisotopic (exact) mass is 449 g/mol. The van der Waals surface area contributed by atoms with E-state index in [1.165, 1.54) is 24.3 Å².